The van der Waals surface area contributed by atoms with Crippen LogP contribution in [0, 0.1) is 0 Å². The Kier molecular flexibility index (Phi) is 11.4. The van der Waals surface area contributed by atoms with Crippen LogP contribution in [-0.4, -0.2) is 0 Å². The predicted octanol–water partition coefficient (Wildman–Crippen LogP) is 14.6. The summed E-state index contributed by atoms with van der Waals surface area (Å²) in [6.45, 7) is 15.5. The minimum atomic E-state index is 0.949. The van der Waals surface area contributed by atoms with Gasteiger partial charge in [-0.2, -0.15) is 0 Å². The van der Waals surface area contributed by atoms with E-state index < -0.39 is 0 Å². The third-order valence-corrected chi connectivity index (χ3v) is 12.1. The normalized spacial score (nSPS) is 13.4. The summed E-state index contributed by atoms with van der Waals surface area (Å²) in [5.74, 6) is 0. The highest BCUT2D eigenvalue weighted by atomic mass is 32.1. The molecule has 2 heteroatoms. The van der Waals surface area contributed by atoms with E-state index in [1.807, 2.05) is 11.3 Å². The molecule has 0 nitrogen and oxygen atoms in total. The van der Waals surface area contributed by atoms with E-state index in [0.717, 1.165) is 27.5 Å². The minimum Gasteiger partial charge on any atom is -0.135 e. The molecule has 0 radical (unpaired) electrons. The molecule has 0 spiro atoms. The van der Waals surface area contributed by atoms with E-state index in [1.165, 1.54) is 68.3 Å². The van der Waals surface area contributed by atoms with Crippen LogP contribution in [-0.2, 0) is 0 Å². The molecule has 0 fully saturated rings. The molecule has 0 unspecified atom stereocenters. The Morgan fingerprint density at radius 2 is 1.17 bits per heavy atom. The third-order valence-electron chi connectivity index (χ3n) is 9.76. The summed E-state index contributed by atoms with van der Waals surface area (Å²) in [6, 6.07) is 38.9. The van der Waals surface area contributed by atoms with Gasteiger partial charge >= 0.3 is 0 Å². The van der Waals surface area contributed by atoms with Crippen molar-refractivity contribution in [2.45, 2.75) is 27.2 Å². The molecule has 7 aromatic rings. The van der Waals surface area contributed by atoms with Gasteiger partial charge in [-0.3, -0.25) is 0 Å². The van der Waals surface area contributed by atoms with Crippen LogP contribution >= 0.6 is 22.7 Å². The van der Waals surface area contributed by atoms with E-state index in [-0.39, 0.29) is 0 Å². The molecular weight excluding hydrogens is 689 g/mol. The number of benzene rings is 4. The molecule has 0 amide bonds. The van der Waals surface area contributed by atoms with Gasteiger partial charge < -0.3 is 0 Å². The molecule has 0 aliphatic rings. The molecular formula is C52H44S2. The average Bonchev–Trinajstić information content (AvgIpc) is 3.74. The molecule has 2 heterocycles. The van der Waals surface area contributed by atoms with Crippen molar-refractivity contribution >= 4 is 98.3 Å². The van der Waals surface area contributed by atoms with Gasteiger partial charge in [-0.25, -0.2) is 0 Å². The largest absolute Gasteiger partial charge is 0.135 e. The molecule has 264 valence electrons. The maximum Gasteiger partial charge on any atom is 0.0441 e. The van der Waals surface area contributed by atoms with Crippen LogP contribution in [0.1, 0.15) is 38.3 Å². The molecule has 0 aliphatic carbocycles. The van der Waals surface area contributed by atoms with Gasteiger partial charge in [0.1, 0.15) is 0 Å². The first-order valence-electron chi connectivity index (χ1n) is 18.5. The lowest BCUT2D eigenvalue weighted by molar-refractivity contribution is 1.15. The molecule has 5 aromatic carbocycles. The van der Waals surface area contributed by atoms with Crippen LogP contribution in [0.15, 0.2) is 182 Å². The second-order valence-electron chi connectivity index (χ2n) is 13.2. The van der Waals surface area contributed by atoms with Gasteiger partial charge in [-0.05, 0) is 65.0 Å². The van der Waals surface area contributed by atoms with Gasteiger partial charge in [-0.1, -0.05) is 190 Å². The zero-order valence-electron chi connectivity index (χ0n) is 31.2. The highest BCUT2D eigenvalue weighted by Crippen LogP contribution is 2.43. The highest BCUT2D eigenvalue weighted by molar-refractivity contribution is 7.27. The van der Waals surface area contributed by atoms with E-state index in [2.05, 4.69) is 210 Å². The lowest BCUT2D eigenvalue weighted by Crippen LogP contribution is -2.16. The van der Waals surface area contributed by atoms with Crippen LogP contribution in [0.2, 0.25) is 0 Å². The summed E-state index contributed by atoms with van der Waals surface area (Å²) in [5.41, 5.74) is 5.75. The third kappa shape index (κ3) is 7.50. The van der Waals surface area contributed by atoms with Crippen LogP contribution in [0.5, 0.6) is 0 Å². The SMILES string of the molecule is C=C(\C=C/C=C/C=C/C=c1\c(=C)sc2c3ccccc3c3sc4ccccc4c3c12)c1ccccccc(/C(C)=C/C=C(/C=C\C)CC)c2ccccc12. The Labute approximate surface area is 326 Å². The number of hydrogen-bond donors (Lipinski definition) is 0. The summed E-state index contributed by atoms with van der Waals surface area (Å²) in [7, 11) is 0. The van der Waals surface area contributed by atoms with Gasteiger partial charge in [0.05, 0.1) is 0 Å². The fourth-order valence-corrected chi connectivity index (χ4v) is 9.47. The molecule has 0 saturated carbocycles. The maximum atomic E-state index is 4.51. The van der Waals surface area contributed by atoms with Crippen molar-refractivity contribution in [3.8, 4) is 0 Å². The Bertz CT molecular complexity index is 2910. The van der Waals surface area contributed by atoms with E-state index in [1.54, 1.807) is 11.3 Å². The summed E-state index contributed by atoms with van der Waals surface area (Å²) < 4.78 is 5.07. The molecule has 0 saturated heterocycles. The quantitative estimate of drug-likeness (QED) is 0.130. The first kappa shape index (κ1) is 36.6. The maximum absolute atomic E-state index is 4.51. The molecule has 0 N–H and O–H groups in total. The number of rotatable bonds is 9. The Morgan fingerprint density at radius 3 is 1.87 bits per heavy atom. The first-order valence-corrected chi connectivity index (χ1v) is 20.1. The minimum absolute atomic E-state index is 0.949. The van der Waals surface area contributed by atoms with Gasteiger partial charge in [-0.15, -0.1) is 22.7 Å². The number of fused-ring (bicyclic) bond motifs is 9. The van der Waals surface area contributed by atoms with Crippen molar-refractivity contribution in [3.63, 3.8) is 0 Å². The van der Waals surface area contributed by atoms with Crippen LogP contribution in [0.4, 0.5) is 0 Å². The van der Waals surface area contributed by atoms with Crippen molar-refractivity contribution in [1.82, 2.24) is 0 Å². The smallest absolute Gasteiger partial charge is 0.0441 e. The van der Waals surface area contributed by atoms with E-state index >= 15 is 0 Å². The van der Waals surface area contributed by atoms with Crippen LogP contribution < -0.4 is 9.75 Å². The zero-order valence-corrected chi connectivity index (χ0v) is 32.8. The lowest BCUT2D eigenvalue weighted by Gasteiger charge is -2.09. The standard InChI is InChI=1S/C52H44S2/c1-6-23-39(7-2)35-34-37(4)41-26-15-12-11-14-25-40(43-28-17-18-29-44(41)43)36(3)24-13-9-8-10-16-27-42-38(5)53-51-45-30-19-20-31-46(45)52-50(49(42)51)47-32-21-22-33-48(47)54-52/h6,8-35H,3,5,7H2,1-2,4H3/b9-8+,12-11?,14-11?,15-12?,16-10+,23-6-,24-13-,25-14?,26-15?,37-34+,39-35+,40-25?,41-26?,42-27+,43-40?,44-41?. The van der Waals surface area contributed by atoms with E-state index in [4.69, 9.17) is 0 Å². The zero-order chi connectivity index (χ0) is 37.4. The summed E-state index contributed by atoms with van der Waals surface area (Å²) in [4.78, 5) is 0. The average molecular weight is 733 g/mol. The van der Waals surface area contributed by atoms with Crippen molar-refractivity contribution in [3.05, 3.63) is 203 Å². The summed E-state index contributed by atoms with van der Waals surface area (Å²) >= 11 is 3.68. The molecule has 0 bridgehead atoms. The molecule has 0 atom stereocenters. The Balaban J connectivity index is 1.21. The van der Waals surface area contributed by atoms with E-state index in [9.17, 15) is 0 Å². The lowest BCUT2D eigenvalue weighted by atomic mass is 9.95. The second-order valence-corrected chi connectivity index (χ2v) is 15.4. The summed E-state index contributed by atoms with van der Waals surface area (Å²) in [5, 5.41) is 10.1. The Hall–Kier alpha value is -5.80. The van der Waals surface area contributed by atoms with Crippen molar-refractivity contribution < 1.29 is 0 Å². The number of thiophene rings is 2. The summed E-state index contributed by atoms with van der Waals surface area (Å²) in [6.07, 6.45) is 24.5. The van der Waals surface area contributed by atoms with Gasteiger partial charge in [0.15, 0.2) is 0 Å². The van der Waals surface area contributed by atoms with Crippen molar-refractivity contribution in [1.29, 1.82) is 0 Å². The van der Waals surface area contributed by atoms with Gasteiger partial charge in [0.25, 0.3) is 0 Å². The van der Waals surface area contributed by atoms with E-state index in [0.29, 0.717) is 0 Å². The Morgan fingerprint density at radius 1 is 0.593 bits per heavy atom. The monoisotopic (exact) mass is 732 g/mol. The topological polar surface area (TPSA) is 0 Å². The first-order chi connectivity index (χ1) is 26.5. The molecule has 2 aromatic heterocycles. The second kappa shape index (κ2) is 16.9. The number of hydrogen-bond acceptors (Lipinski definition) is 2. The van der Waals surface area contributed by atoms with Gasteiger partial charge in [0.2, 0.25) is 0 Å². The molecule has 0 aliphatic heterocycles. The fraction of sp³-hybridized carbons (Fsp3) is 0.0769. The van der Waals surface area contributed by atoms with Crippen molar-refractivity contribution in [2.24, 2.45) is 0 Å². The highest BCUT2D eigenvalue weighted by Gasteiger charge is 2.16. The van der Waals surface area contributed by atoms with Crippen LogP contribution in [0.3, 0.4) is 0 Å². The van der Waals surface area contributed by atoms with Gasteiger partial charge in [0, 0.05) is 50.8 Å². The van der Waals surface area contributed by atoms with Crippen LogP contribution in [0.25, 0.3) is 75.6 Å². The number of allylic oxidation sites excluding steroid dienone is 13. The van der Waals surface area contributed by atoms with Crippen molar-refractivity contribution in [2.75, 3.05) is 0 Å². The molecule has 7 rings (SSSR count). The molecule has 54 heavy (non-hydrogen) atoms. The predicted molar refractivity (Wildman–Crippen MR) is 246 cm³/mol. The fourth-order valence-electron chi connectivity index (χ4n) is 7.09.